The summed E-state index contributed by atoms with van der Waals surface area (Å²) >= 11 is 0. The fourth-order valence-electron chi connectivity index (χ4n) is 3.49. The van der Waals surface area contributed by atoms with Gasteiger partial charge in [-0.15, -0.1) is 0 Å². The van der Waals surface area contributed by atoms with E-state index in [2.05, 4.69) is 0 Å². The van der Waals surface area contributed by atoms with Crippen molar-refractivity contribution in [2.24, 2.45) is 5.92 Å². The minimum Gasteiger partial charge on any atom is -0.378 e. The number of ether oxygens (including phenoxy) is 1. The molecule has 0 aliphatic carbocycles. The van der Waals surface area contributed by atoms with E-state index in [1.54, 1.807) is 11.0 Å². The van der Waals surface area contributed by atoms with Crippen LogP contribution in [-0.4, -0.2) is 43.0 Å². The predicted octanol–water partition coefficient (Wildman–Crippen LogP) is 3.81. The van der Waals surface area contributed by atoms with Crippen LogP contribution in [0.25, 0.3) is 0 Å². The summed E-state index contributed by atoms with van der Waals surface area (Å²) in [7, 11) is 0. The predicted molar refractivity (Wildman–Crippen MR) is 115 cm³/mol. The van der Waals surface area contributed by atoms with E-state index in [1.807, 2.05) is 49.1 Å². The SMILES string of the molecule is CC(C)CC(=O)N(Cc1cccc(F)c1)c1ccc(CC(=O)N2CCOCC2)cc1. The molecule has 1 fully saturated rings. The second kappa shape index (κ2) is 10.3. The normalized spacial score (nSPS) is 14.1. The summed E-state index contributed by atoms with van der Waals surface area (Å²) in [5.41, 5.74) is 2.38. The third kappa shape index (κ3) is 6.13. The quantitative estimate of drug-likeness (QED) is 0.695. The van der Waals surface area contributed by atoms with Crippen LogP contribution in [0, 0.1) is 11.7 Å². The molecule has 2 aromatic carbocycles. The monoisotopic (exact) mass is 412 g/mol. The smallest absolute Gasteiger partial charge is 0.227 e. The minimum absolute atomic E-state index is 0.00796. The van der Waals surface area contributed by atoms with Gasteiger partial charge in [0, 0.05) is 25.2 Å². The van der Waals surface area contributed by atoms with Crippen molar-refractivity contribution in [3.8, 4) is 0 Å². The average Bonchev–Trinajstić information content (AvgIpc) is 2.73. The highest BCUT2D eigenvalue weighted by Crippen LogP contribution is 2.21. The lowest BCUT2D eigenvalue weighted by atomic mass is 10.1. The Morgan fingerprint density at radius 3 is 2.40 bits per heavy atom. The van der Waals surface area contributed by atoms with Crippen LogP contribution in [-0.2, 0) is 27.3 Å². The van der Waals surface area contributed by atoms with Crippen molar-refractivity contribution in [2.75, 3.05) is 31.2 Å². The molecule has 0 spiro atoms. The number of hydrogen-bond acceptors (Lipinski definition) is 3. The minimum atomic E-state index is -0.319. The van der Waals surface area contributed by atoms with Gasteiger partial charge in [-0.1, -0.05) is 38.1 Å². The molecule has 3 rings (SSSR count). The number of morpholine rings is 1. The standard InChI is InChI=1S/C24H29FN2O3/c1-18(2)14-24(29)27(17-20-4-3-5-21(25)15-20)22-8-6-19(7-9-22)16-23(28)26-10-12-30-13-11-26/h3-9,15,18H,10-14,16-17H2,1-2H3. The molecule has 0 aromatic heterocycles. The molecule has 6 heteroatoms. The number of carbonyl (C=O) groups excluding carboxylic acids is 2. The summed E-state index contributed by atoms with van der Waals surface area (Å²) in [5.74, 6) is -0.0244. The van der Waals surface area contributed by atoms with E-state index in [9.17, 15) is 14.0 Å². The first kappa shape index (κ1) is 22.0. The summed E-state index contributed by atoms with van der Waals surface area (Å²) in [6.07, 6.45) is 0.733. The van der Waals surface area contributed by atoms with Crippen LogP contribution in [0.1, 0.15) is 31.4 Å². The first-order chi connectivity index (χ1) is 14.4. The molecule has 1 saturated heterocycles. The molecule has 1 aliphatic heterocycles. The molecule has 30 heavy (non-hydrogen) atoms. The molecule has 0 radical (unpaired) electrons. The zero-order chi connectivity index (χ0) is 21.5. The molecule has 2 aromatic rings. The molecular weight excluding hydrogens is 383 g/mol. The van der Waals surface area contributed by atoms with Crippen LogP contribution >= 0.6 is 0 Å². The first-order valence-electron chi connectivity index (χ1n) is 10.4. The number of nitrogens with zero attached hydrogens (tertiary/aromatic N) is 2. The van der Waals surface area contributed by atoms with Gasteiger partial charge in [0.1, 0.15) is 5.82 Å². The molecule has 160 valence electrons. The average molecular weight is 413 g/mol. The Labute approximate surface area is 177 Å². The van der Waals surface area contributed by atoms with E-state index in [1.165, 1.54) is 12.1 Å². The lowest BCUT2D eigenvalue weighted by Gasteiger charge is -2.27. The number of halogens is 1. The van der Waals surface area contributed by atoms with Crippen molar-refractivity contribution >= 4 is 17.5 Å². The number of amides is 2. The fraction of sp³-hybridized carbons (Fsp3) is 0.417. The number of carbonyl (C=O) groups is 2. The molecule has 2 amide bonds. The van der Waals surface area contributed by atoms with Crippen molar-refractivity contribution in [1.29, 1.82) is 0 Å². The molecule has 1 aliphatic rings. The molecule has 0 N–H and O–H groups in total. The Bertz CT molecular complexity index is 861. The van der Waals surface area contributed by atoms with Gasteiger partial charge >= 0.3 is 0 Å². The Morgan fingerprint density at radius 1 is 1.07 bits per heavy atom. The Balaban J connectivity index is 1.73. The second-order valence-corrected chi connectivity index (χ2v) is 8.04. The maximum absolute atomic E-state index is 13.6. The number of benzene rings is 2. The Kier molecular flexibility index (Phi) is 7.57. The molecular formula is C24H29FN2O3. The summed E-state index contributed by atoms with van der Waals surface area (Å²) in [6.45, 7) is 6.71. The van der Waals surface area contributed by atoms with E-state index in [-0.39, 0.29) is 23.5 Å². The number of hydrogen-bond donors (Lipinski definition) is 0. The summed E-state index contributed by atoms with van der Waals surface area (Å²) in [4.78, 5) is 28.8. The maximum atomic E-state index is 13.6. The maximum Gasteiger partial charge on any atom is 0.227 e. The summed E-state index contributed by atoms with van der Waals surface area (Å²) in [5, 5.41) is 0. The van der Waals surface area contributed by atoms with Gasteiger partial charge in [0.15, 0.2) is 0 Å². The zero-order valence-electron chi connectivity index (χ0n) is 17.6. The fourth-order valence-corrected chi connectivity index (χ4v) is 3.49. The van der Waals surface area contributed by atoms with Crippen molar-refractivity contribution < 1.29 is 18.7 Å². The van der Waals surface area contributed by atoms with Crippen LogP contribution < -0.4 is 4.90 Å². The van der Waals surface area contributed by atoms with Crippen molar-refractivity contribution in [3.63, 3.8) is 0 Å². The molecule has 5 nitrogen and oxygen atoms in total. The van der Waals surface area contributed by atoms with Gasteiger partial charge in [0.25, 0.3) is 0 Å². The van der Waals surface area contributed by atoms with Gasteiger partial charge in [-0.2, -0.15) is 0 Å². The first-order valence-corrected chi connectivity index (χ1v) is 10.4. The van der Waals surface area contributed by atoms with E-state index in [0.717, 1.165) is 16.8 Å². The van der Waals surface area contributed by atoms with E-state index >= 15 is 0 Å². The molecule has 1 heterocycles. The lowest BCUT2D eigenvalue weighted by Crippen LogP contribution is -2.41. The van der Waals surface area contributed by atoms with Gasteiger partial charge < -0.3 is 14.5 Å². The Hall–Kier alpha value is -2.73. The topological polar surface area (TPSA) is 49.9 Å². The highest BCUT2D eigenvalue weighted by Gasteiger charge is 2.19. The largest absolute Gasteiger partial charge is 0.378 e. The van der Waals surface area contributed by atoms with E-state index in [4.69, 9.17) is 4.74 Å². The number of rotatable bonds is 7. The molecule has 0 unspecified atom stereocenters. The van der Waals surface area contributed by atoms with Gasteiger partial charge in [-0.25, -0.2) is 4.39 Å². The molecule has 0 saturated carbocycles. The van der Waals surface area contributed by atoms with Crippen molar-refractivity contribution in [1.82, 2.24) is 4.90 Å². The highest BCUT2D eigenvalue weighted by molar-refractivity contribution is 5.93. The summed E-state index contributed by atoms with van der Waals surface area (Å²) < 4.78 is 18.9. The third-order valence-corrected chi connectivity index (χ3v) is 5.08. The Morgan fingerprint density at radius 2 is 1.77 bits per heavy atom. The van der Waals surface area contributed by atoms with Gasteiger partial charge in [-0.3, -0.25) is 9.59 Å². The van der Waals surface area contributed by atoms with E-state index in [0.29, 0.717) is 45.7 Å². The lowest BCUT2D eigenvalue weighted by molar-refractivity contribution is -0.134. The zero-order valence-corrected chi connectivity index (χ0v) is 17.6. The summed E-state index contributed by atoms with van der Waals surface area (Å²) in [6, 6.07) is 13.8. The van der Waals surface area contributed by atoms with Crippen LogP contribution in [0.15, 0.2) is 48.5 Å². The molecule has 0 bridgehead atoms. The van der Waals surface area contributed by atoms with Crippen LogP contribution in [0.4, 0.5) is 10.1 Å². The second-order valence-electron chi connectivity index (χ2n) is 8.04. The van der Waals surface area contributed by atoms with Crippen molar-refractivity contribution in [2.45, 2.75) is 33.2 Å². The van der Waals surface area contributed by atoms with E-state index < -0.39 is 0 Å². The number of anilines is 1. The van der Waals surface area contributed by atoms with Gasteiger partial charge in [0.05, 0.1) is 26.2 Å². The van der Waals surface area contributed by atoms with Gasteiger partial charge in [-0.05, 0) is 41.3 Å². The van der Waals surface area contributed by atoms with Crippen LogP contribution in [0.2, 0.25) is 0 Å². The molecule has 0 atom stereocenters. The van der Waals surface area contributed by atoms with Crippen LogP contribution in [0.5, 0.6) is 0 Å². The van der Waals surface area contributed by atoms with Gasteiger partial charge in [0.2, 0.25) is 11.8 Å². The van der Waals surface area contributed by atoms with Crippen molar-refractivity contribution in [3.05, 3.63) is 65.5 Å². The highest BCUT2D eigenvalue weighted by atomic mass is 19.1. The third-order valence-electron chi connectivity index (χ3n) is 5.08. The van der Waals surface area contributed by atoms with Crippen LogP contribution in [0.3, 0.4) is 0 Å².